The van der Waals surface area contributed by atoms with Crippen LogP contribution in [-0.2, 0) is 28.2 Å². The minimum atomic E-state index is -2.94. The van der Waals surface area contributed by atoms with Gasteiger partial charge < -0.3 is 14.0 Å². The van der Waals surface area contributed by atoms with Gasteiger partial charge in [0.2, 0.25) is 7.37 Å². The second-order valence-electron chi connectivity index (χ2n) is 5.89. The highest BCUT2D eigenvalue weighted by molar-refractivity contribution is 7.59. The van der Waals surface area contributed by atoms with Crippen molar-refractivity contribution in [1.82, 2.24) is 0 Å². The SMILES string of the molecule is CCOC(=O)C(=CCCCC(=O)OC)CP(=O)(CC(C)C)OCC. The summed E-state index contributed by atoms with van der Waals surface area (Å²) in [6.07, 6.45) is 3.52. The largest absolute Gasteiger partial charge is 0.469 e. The molecule has 0 fully saturated rings. The predicted octanol–water partition coefficient (Wildman–Crippen LogP) is 3.79. The van der Waals surface area contributed by atoms with E-state index in [0.717, 1.165) is 0 Å². The van der Waals surface area contributed by atoms with Crippen LogP contribution in [0.15, 0.2) is 11.6 Å². The standard InChI is InChI=1S/C17H31O6P/c1-6-22-17(19)15(10-8-9-11-16(18)21-5)13-24(20,23-7-2)12-14(3)4/h10,14H,6-9,11-13H2,1-5H3. The number of hydrogen-bond acceptors (Lipinski definition) is 6. The van der Waals surface area contributed by atoms with Gasteiger partial charge in [0.25, 0.3) is 0 Å². The molecule has 1 unspecified atom stereocenters. The van der Waals surface area contributed by atoms with Crippen LogP contribution in [0.2, 0.25) is 0 Å². The Labute approximate surface area is 145 Å². The molecule has 0 aliphatic carbocycles. The third-order valence-corrected chi connectivity index (χ3v) is 6.00. The van der Waals surface area contributed by atoms with Crippen molar-refractivity contribution >= 4 is 19.3 Å². The lowest BCUT2D eigenvalue weighted by atomic mass is 10.2. The lowest BCUT2D eigenvalue weighted by Crippen LogP contribution is -2.15. The number of rotatable bonds is 12. The smallest absolute Gasteiger partial charge is 0.334 e. The van der Waals surface area contributed by atoms with Gasteiger partial charge in [0.1, 0.15) is 0 Å². The quantitative estimate of drug-likeness (QED) is 0.227. The van der Waals surface area contributed by atoms with Crippen molar-refractivity contribution in [1.29, 1.82) is 0 Å². The zero-order chi connectivity index (χ0) is 18.6. The molecule has 0 saturated heterocycles. The first-order chi connectivity index (χ1) is 11.3. The van der Waals surface area contributed by atoms with Gasteiger partial charge in [-0.3, -0.25) is 9.36 Å². The number of carbonyl (C=O) groups is 2. The fourth-order valence-corrected chi connectivity index (χ4v) is 4.96. The molecular weight excluding hydrogens is 331 g/mol. The van der Waals surface area contributed by atoms with Gasteiger partial charge in [-0.25, -0.2) is 4.79 Å². The third kappa shape index (κ3) is 9.89. The van der Waals surface area contributed by atoms with E-state index in [1.807, 2.05) is 13.8 Å². The normalized spacial score (nSPS) is 14.3. The molecule has 0 amide bonds. The molecule has 140 valence electrons. The first-order valence-electron chi connectivity index (χ1n) is 8.43. The summed E-state index contributed by atoms with van der Waals surface area (Å²) in [5, 5.41) is 0. The molecule has 0 aromatic rings. The number of allylic oxidation sites excluding steroid dienone is 1. The molecule has 0 spiro atoms. The van der Waals surface area contributed by atoms with Gasteiger partial charge in [-0.15, -0.1) is 0 Å². The van der Waals surface area contributed by atoms with E-state index >= 15 is 0 Å². The lowest BCUT2D eigenvalue weighted by Gasteiger charge is -2.20. The minimum Gasteiger partial charge on any atom is -0.469 e. The topological polar surface area (TPSA) is 78.9 Å². The summed E-state index contributed by atoms with van der Waals surface area (Å²) in [6.45, 7) is 8.04. The number of hydrogen-bond donors (Lipinski definition) is 0. The highest BCUT2D eigenvalue weighted by Gasteiger charge is 2.28. The molecule has 0 aromatic heterocycles. The molecule has 1 atom stereocenters. The van der Waals surface area contributed by atoms with Gasteiger partial charge >= 0.3 is 11.9 Å². The zero-order valence-corrected chi connectivity index (χ0v) is 16.4. The summed E-state index contributed by atoms with van der Waals surface area (Å²) < 4.78 is 28.1. The molecule has 7 heteroatoms. The molecule has 0 aliphatic rings. The molecule has 6 nitrogen and oxygen atoms in total. The minimum absolute atomic E-state index is 0.0656. The van der Waals surface area contributed by atoms with E-state index < -0.39 is 13.3 Å². The summed E-state index contributed by atoms with van der Waals surface area (Å²) in [5.74, 6) is -0.565. The van der Waals surface area contributed by atoms with E-state index in [0.29, 0.717) is 31.2 Å². The van der Waals surface area contributed by atoms with Crippen LogP contribution in [0, 0.1) is 5.92 Å². The van der Waals surface area contributed by atoms with Crippen LogP contribution >= 0.6 is 7.37 Å². The Balaban J connectivity index is 5.06. The van der Waals surface area contributed by atoms with E-state index in [2.05, 4.69) is 4.74 Å². The zero-order valence-electron chi connectivity index (χ0n) is 15.5. The van der Waals surface area contributed by atoms with Crippen LogP contribution in [-0.4, -0.2) is 44.6 Å². The summed E-state index contributed by atoms with van der Waals surface area (Å²) in [4.78, 5) is 23.3. The third-order valence-electron chi connectivity index (χ3n) is 3.16. The maximum atomic E-state index is 13.0. The van der Waals surface area contributed by atoms with Crippen LogP contribution in [0.1, 0.15) is 47.0 Å². The molecule has 0 aliphatic heterocycles. The Kier molecular flexibility index (Phi) is 11.7. The number of unbranched alkanes of at least 4 members (excludes halogenated alkanes) is 1. The number of ether oxygens (including phenoxy) is 2. The monoisotopic (exact) mass is 362 g/mol. The van der Waals surface area contributed by atoms with E-state index in [4.69, 9.17) is 9.26 Å². The molecule has 24 heavy (non-hydrogen) atoms. The van der Waals surface area contributed by atoms with Gasteiger partial charge in [-0.05, 0) is 32.6 Å². The Morgan fingerprint density at radius 3 is 2.33 bits per heavy atom. The Morgan fingerprint density at radius 1 is 1.17 bits per heavy atom. The van der Waals surface area contributed by atoms with E-state index in [9.17, 15) is 14.2 Å². The average Bonchev–Trinajstić information content (AvgIpc) is 2.49. The van der Waals surface area contributed by atoms with Crippen LogP contribution in [0.4, 0.5) is 0 Å². The summed E-state index contributed by atoms with van der Waals surface area (Å²) in [6, 6.07) is 0. The van der Waals surface area contributed by atoms with Gasteiger partial charge in [-0.2, -0.15) is 0 Å². The van der Waals surface area contributed by atoms with E-state index in [1.165, 1.54) is 7.11 Å². The van der Waals surface area contributed by atoms with Crippen LogP contribution < -0.4 is 0 Å². The summed E-state index contributed by atoms with van der Waals surface area (Å²) in [5.41, 5.74) is 0.360. The molecule has 0 radical (unpaired) electrons. The van der Waals surface area contributed by atoms with Gasteiger partial charge in [-0.1, -0.05) is 19.9 Å². The Bertz CT molecular complexity index is 470. The number of methoxy groups -OCH3 is 1. The van der Waals surface area contributed by atoms with Crippen LogP contribution in [0.5, 0.6) is 0 Å². The maximum absolute atomic E-state index is 13.0. The second-order valence-corrected chi connectivity index (χ2v) is 8.45. The van der Waals surface area contributed by atoms with E-state index in [-0.39, 0.29) is 31.1 Å². The van der Waals surface area contributed by atoms with E-state index in [1.54, 1.807) is 19.9 Å². The van der Waals surface area contributed by atoms with Crippen molar-refractivity contribution in [3.63, 3.8) is 0 Å². The number of carbonyl (C=O) groups excluding carboxylic acids is 2. The van der Waals surface area contributed by atoms with Crippen molar-refractivity contribution < 1.29 is 28.2 Å². The summed E-state index contributed by atoms with van der Waals surface area (Å²) in [7, 11) is -1.60. The molecule has 0 heterocycles. The average molecular weight is 362 g/mol. The highest BCUT2D eigenvalue weighted by atomic mass is 31.2. The Morgan fingerprint density at radius 2 is 1.83 bits per heavy atom. The second kappa shape index (κ2) is 12.3. The summed E-state index contributed by atoms with van der Waals surface area (Å²) >= 11 is 0. The van der Waals surface area contributed by atoms with Gasteiger partial charge in [0.15, 0.2) is 0 Å². The lowest BCUT2D eigenvalue weighted by molar-refractivity contribution is -0.140. The first-order valence-corrected chi connectivity index (χ1v) is 10.4. The fourth-order valence-electron chi connectivity index (χ4n) is 2.28. The Hall–Kier alpha value is -1.13. The van der Waals surface area contributed by atoms with Crippen molar-refractivity contribution in [2.75, 3.05) is 32.6 Å². The van der Waals surface area contributed by atoms with Crippen molar-refractivity contribution in [3.8, 4) is 0 Å². The molecular formula is C17H31O6P. The molecule has 0 saturated carbocycles. The molecule has 0 bridgehead atoms. The molecule has 0 rings (SSSR count). The van der Waals surface area contributed by atoms with Crippen LogP contribution in [0.3, 0.4) is 0 Å². The van der Waals surface area contributed by atoms with Crippen molar-refractivity contribution in [3.05, 3.63) is 11.6 Å². The predicted molar refractivity (Wildman–Crippen MR) is 94.4 cm³/mol. The highest BCUT2D eigenvalue weighted by Crippen LogP contribution is 2.50. The van der Waals surface area contributed by atoms with Crippen molar-refractivity contribution in [2.45, 2.75) is 47.0 Å². The molecule has 0 N–H and O–H groups in total. The number of esters is 2. The van der Waals surface area contributed by atoms with Crippen molar-refractivity contribution in [2.24, 2.45) is 5.92 Å². The van der Waals surface area contributed by atoms with Crippen LogP contribution in [0.25, 0.3) is 0 Å². The molecule has 0 aromatic carbocycles. The fraction of sp³-hybridized carbons (Fsp3) is 0.765. The van der Waals surface area contributed by atoms with Gasteiger partial charge in [0.05, 0.1) is 26.5 Å². The van der Waals surface area contributed by atoms with Gasteiger partial charge in [0, 0.05) is 18.2 Å². The maximum Gasteiger partial charge on any atom is 0.334 e. The first kappa shape index (κ1) is 22.9.